The second-order valence-corrected chi connectivity index (χ2v) is 8.08. The van der Waals surface area contributed by atoms with Gasteiger partial charge in [0.15, 0.2) is 0 Å². The van der Waals surface area contributed by atoms with Crippen LogP contribution in [0.1, 0.15) is 10.4 Å². The van der Waals surface area contributed by atoms with Crippen LogP contribution < -0.4 is 19.1 Å². The maximum absolute atomic E-state index is 12.6. The second kappa shape index (κ2) is 8.99. The number of rotatable bonds is 8. The van der Waals surface area contributed by atoms with Crippen LogP contribution in [0, 0.1) is 0 Å². The number of hydrogen-bond acceptors (Lipinski definition) is 5. The summed E-state index contributed by atoms with van der Waals surface area (Å²) in [6.07, 6.45) is 2.60. The van der Waals surface area contributed by atoms with E-state index in [-0.39, 0.29) is 6.54 Å². The average molecular weight is 425 g/mol. The molecular formula is C19H21ClN2O5S. The Morgan fingerprint density at radius 3 is 2.29 bits per heavy atom. The van der Waals surface area contributed by atoms with Crippen LogP contribution in [0.25, 0.3) is 0 Å². The zero-order valence-electron chi connectivity index (χ0n) is 15.7. The van der Waals surface area contributed by atoms with Crippen LogP contribution >= 0.6 is 11.6 Å². The minimum Gasteiger partial charge on any atom is -0.495 e. The van der Waals surface area contributed by atoms with Crippen molar-refractivity contribution in [3.63, 3.8) is 0 Å². The van der Waals surface area contributed by atoms with Gasteiger partial charge in [-0.2, -0.15) is 0 Å². The number of benzene rings is 2. The molecule has 0 spiro atoms. The van der Waals surface area contributed by atoms with Crippen LogP contribution in [-0.4, -0.2) is 41.3 Å². The summed E-state index contributed by atoms with van der Waals surface area (Å²) in [5.41, 5.74) is 1.17. The molecule has 0 unspecified atom stereocenters. The molecule has 0 heterocycles. The predicted molar refractivity (Wildman–Crippen MR) is 111 cm³/mol. The summed E-state index contributed by atoms with van der Waals surface area (Å²) in [5.74, 6) is 0.371. The SMILES string of the molecule is C=CCN(c1ccc(C(=O)Nc2cc(OC)c(Cl)cc2OC)cc1)S(C)(=O)=O. The quantitative estimate of drug-likeness (QED) is 0.655. The van der Waals surface area contributed by atoms with Gasteiger partial charge in [-0.25, -0.2) is 8.42 Å². The van der Waals surface area contributed by atoms with Crippen LogP contribution in [0.4, 0.5) is 11.4 Å². The molecule has 0 aromatic heterocycles. The maximum Gasteiger partial charge on any atom is 0.255 e. The molecule has 0 bridgehead atoms. The van der Waals surface area contributed by atoms with Crippen molar-refractivity contribution in [2.75, 3.05) is 36.6 Å². The van der Waals surface area contributed by atoms with Crippen molar-refractivity contribution in [3.05, 3.63) is 59.6 Å². The topological polar surface area (TPSA) is 84.9 Å². The Bertz CT molecular complexity index is 975. The normalized spacial score (nSPS) is 10.9. The highest BCUT2D eigenvalue weighted by Gasteiger charge is 2.17. The Balaban J connectivity index is 2.28. The summed E-state index contributed by atoms with van der Waals surface area (Å²) >= 11 is 6.06. The highest BCUT2D eigenvalue weighted by Crippen LogP contribution is 2.36. The van der Waals surface area contributed by atoms with Crippen LogP contribution in [0.3, 0.4) is 0 Å². The third kappa shape index (κ3) is 4.96. The maximum atomic E-state index is 12.6. The molecule has 28 heavy (non-hydrogen) atoms. The highest BCUT2D eigenvalue weighted by atomic mass is 35.5. The number of sulfonamides is 1. The van der Waals surface area contributed by atoms with Gasteiger partial charge in [-0.3, -0.25) is 9.10 Å². The molecule has 2 aromatic carbocycles. The molecule has 150 valence electrons. The Morgan fingerprint density at radius 2 is 1.79 bits per heavy atom. The smallest absolute Gasteiger partial charge is 0.255 e. The second-order valence-electron chi connectivity index (χ2n) is 5.77. The van der Waals surface area contributed by atoms with E-state index in [4.69, 9.17) is 21.1 Å². The van der Waals surface area contributed by atoms with Crippen molar-refractivity contribution in [1.29, 1.82) is 0 Å². The van der Waals surface area contributed by atoms with Gasteiger partial charge in [0.25, 0.3) is 5.91 Å². The van der Waals surface area contributed by atoms with Crippen molar-refractivity contribution in [2.24, 2.45) is 0 Å². The molecule has 0 aliphatic carbocycles. The van der Waals surface area contributed by atoms with Gasteiger partial charge in [-0.15, -0.1) is 6.58 Å². The third-order valence-corrected chi connectivity index (χ3v) is 5.29. The molecule has 0 saturated heterocycles. The number of nitrogens with zero attached hydrogens (tertiary/aromatic N) is 1. The summed E-state index contributed by atoms with van der Waals surface area (Å²) in [5, 5.41) is 3.08. The number of hydrogen-bond donors (Lipinski definition) is 1. The summed E-state index contributed by atoms with van der Waals surface area (Å²) in [6, 6.07) is 9.27. The Labute approximate surface area is 169 Å². The lowest BCUT2D eigenvalue weighted by atomic mass is 10.2. The minimum atomic E-state index is -3.46. The molecule has 7 nitrogen and oxygen atoms in total. The number of nitrogens with one attached hydrogen (secondary N) is 1. The number of carbonyl (C=O) groups is 1. The average Bonchev–Trinajstić information content (AvgIpc) is 2.66. The first kappa shape index (κ1) is 21.6. The van der Waals surface area contributed by atoms with E-state index in [1.54, 1.807) is 24.3 Å². The highest BCUT2D eigenvalue weighted by molar-refractivity contribution is 7.92. The zero-order chi connectivity index (χ0) is 20.9. The van der Waals surface area contributed by atoms with Crippen molar-refractivity contribution in [2.45, 2.75) is 0 Å². The van der Waals surface area contributed by atoms with Gasteiger partial charge in [-0.1, -0.05) is 17.7 Å². The lowest BCUT2D eigenvalue weighted by Gasteiger charge is -2.20. The Morgan fingerprint density at radius 1 is 1.18 bits per heavy atom. The van der Waals surface area contributed by atoms with Gasteiger partial charge in [0.1, 0.15) is 11.5 Å². The number of anilines is 2. The van der Waals surface area contributed by atoms with E-state index in [1.165, 1.54) is 36.7 Å². The Kier molecular flexibility index (Phi) is 6.93. The summed E-state index contributed by atoms with van der Waals surface area (Å²) in [7, 11) is -0.537. The minimum absolute atomic E-state index is 0.131. The lowest BCUT2D eigenvalue weighted by Crippen LogP contribution is -2.29. The first-order chi connectivity index (χ1) is 13.2. The van der Waals surface area contributed by atoms with E-state index >= 15 is 0 Å². The molecule has 0 aliphatic rings. The van der Waals surface area contributed by atoms with Gasteiger partial charge in [0.2, 0.25) is 10.0 Å². The first-order valence-corrected chi connectivity index (χ1v) is 10.4. The van der Waals surface area contributed by atoms with E-state index in [1.807, 2.05) is 0 Å². The fraction of sp³-hybridized carbons (Fsp3) is 0.211. The van der Waals surface area contributed by atoms with E-state index in [9.17, 15) is 13.2 Å². The summed E-state index contributed by atoms with van der Waals surface area (Å²) in [6.45, 7) is 3.70. The molecule has 9 heteroatoms. The van der Waals surface area contributed by atoms with Gasteiger partial charge in [0, 0.05) is 17.7 Å². The van der Waals surface area contributed by atoms with Gasteiger partial charge in [0.05, 0.1) is 43.4 Å². The van der Waals surface area contributed by atoms with Crippen LogP contribution in [-0.2, 0) is 10.0 Å². The number of ether oxygens (including phenoxy) is 2. The van der Waals surface area contributed by atoms with Crippen molar-refractivity contribution in [3.8, 4) is 11.5 Å². The summed E-state index contributed by atoms with van der Waals surface area (Å²) < 4.78 is 35.4. The van der Waals surface area contributed by atoms with Gasteiger partial charge >= 0.3 is 0 Å². The number of carbonyl (C=O) groups excluding carboxylic acids is 1. The lowest BCUT2D eigenvalue weighted by molar-refractivity contribution is 0.102. The van der Waals surface area contributed by atoms with Crippen molar-refractivity contribution in [1.82, 2.24) is 0 Å². The first-order valence-electron chi connectivity index (χ1n) is 8.12. The van der Waals surface area contributed by atoms with E-state index in [2.05, 4.69) is 11.9 Å². The van der Waals surface area contributed by atoms with Crippen molar-refractivity contribution >= 4 is 38.9 Å². The van der Waals surface area contributed by atoms with Gasteiger partial charge in [-0.05, 0) is 24.3 Å². The largest absolute Gasteiger partial charge is 0.495 e. The molecule has 1 N–H and O–H groups in total. The Hall–Kier alpha value is -2.71. The summed E-state index contributed by atoms with van der Waals surface area (Å²) in [4.78, 5) is 12.6. The van der Waals surface area contributed by atoms with E-state index in [0.717, 1.165) is 6.26 Å². The van der Waals surface area contributed by atoms with Gasteiger partial charge < -0.3 is 14.8 Å². The fourth-order valence-electron chi connectivity index (χ4n) is 2.48. The zero-order valence-corrected chi connectivity index (χ0v) is 17.3. The molecule has 0 atom stereocenters. The van der Waals surface area contributed by atoms with Crippen molar-refractivity contribution < 1.29 is 22.7 Å². The van der Waals surface area contributed by atoms with Crippen LogP contribution in [0.5, 0.6) is 11.5 Å². The molecule has 2 aromatic rings. The molecule has 0 fully saturated rings. The third-order valence-electron chi connectivity index (χ3n) is 3.83. The predicted octanol–water partition coefficient (Wildman–Crippen LogP) is 3.56. The monoisotopic (exact) mass is 424 g/mol. The molecule has 0 saturated carbocycles. The number of methoxy groups -OCH3 is 2. The van der Waals surface area contributed by atoms with E-state index in [0.29, 0.717) is 33.5 Å². The van der Waals surface area contributed by atoms with Crippen LogP contribution in [0.15, 0.2) is 49.1 Å². The molecule has 2 rings (SSSR count). The molecule has 1 amide bonds. The molecule has 0 radical (unpaired) electrons. The molecular weight excluding hydrogens is 404 g/mol. The number of amides is 1. The van der Waals surface area contributed by atoms with Crippen LogP contribution in [0.2, 0.25) is 5.02 Å². The molecule has 0 aliphatic heterocycles. The van der Waals surface area contributed by atoms with E-state index < -0.39 is 15.9 Å². The fourth-order valence-corrected chi connectivity index (χ4v) is 3.59. The number of halogens is 1. The standard InChI is InChI=1S/C19H21ClN2O5S/c1-5-10-22(28(4,24)25)14-8-6-13(7-9-14)19(23)21-16-12-17(26-2)15(20)11-18(16)27-3/h5-9,11-12H,1,10H2,2-4H3,(H,21,23).